The lowest BCUT2D eigenvalue weighted by atomic mass is 10.1. The monoisotopic (exact) mass is 470 g/mol. The van der Waals surface area contributed by atoms with Gasteiger partial charge in [0.2, 0.25) is 0 Å². The Kier molecular flexibility index (Phi) is 11.2. The molecule has 8 heteroatoms. The molecule has 1 aliphatic rings. The summed E-state index contributed by atoms with van der Waals surface area (Å²) in [4.78, 5) is 15.5. The van der Waals surface area contributed by atoms with Crippen LogP contribution in [0.3, 0.4) is 0 Å². The predicted octanol–water partition coefficient (Wildman–Crippen LogP) is 4.91. The molecule has 1 saturated heterocycles. The molecular weight excluding hydrogens is 432 g/mol. The molecule has 1 atom stereocenters. The molecule has 6 nitrogen and oxygen atoms in total. The fraction of sp³-hybridized carbons (Fsp3) is 0.696. The van der Waals surface area contributed by atoms with Gasteiger partial charge in [0, 0.05) is 24.7 Å². The van der Waals surface area contributed by atoms with Crippen molar-refractivity contribution < 1.29 is 19.0 Å². The molecule has 2 rings (SSSR count). The largest absolute Gasteiger partial charge is 0.493 e. The number of nitrogens with two attached hydrogens (primary N) is 1. The maximum atomic E-state index is 13.4. The van der Waals surface area contributed by atoms with Crippen LogP contribution in [0.1, 0.15) is 57.3 Å². The van der Waals surface area contributed by atoms with Crippen LogP contribution >= 0.6 is 23.5 Å². The first-order chi connectivity index (χ1) is 14.9. The predicted molar refractivity (Wildman–Crippen MR) is 133 cm³/mol. The van der Waals surface area contributed by atoms with E-state index in [0.29, 0.717) is 40.5 Å². The Morgan fingerprint density at radius 2 is 1.90 bits per heavy atom. The first-order valence-electron chi connectivity index (χ1n) is 11.2. The van der Waals surface area contributed by atoms with Crippen molar-refractivity contribution in [3.63, 3.8) is 0 Å². The SMILES string of the molecule is CCSC(SCC)[C@H]1CCCN1C(=O)c1cc(OC)c(OCCCOC(C)C)cc1N. The Morgan fingerprint density at radius 1 is 1.19 bits per heavy atom. The van der Waals surface area contributed by atoms with E-state index in [1.807, 2.05) is 42.3 Å². The van der Waals surface area contributed by atoms with Crippen molar-refractivity contribution in [1.29, 1.82) is 0 Å². The number of amides is 1. The number of carbonyl (C=O) groups is 1. The van der Waals surface area contributed by atoms with E-state index in [9.17, 15) is 4.79 Å². The molecule has 1 aliphatic heterocycles. The molecular formula is C23H38N2O4S2. The average molecular weight is 471 g/mol. The number of nitrogens with zero attached hydrogens (tertiary/aromatic N) is 1. The van der Waals surface area contributed by atoms with Gasteiger partial charge in [-0.1, -0.05) is 13.8 Å². The third-order valence-corrected chi connectivity index (χ3v) is 7.87. The molecule has 31 heavy (non-hydrogen) atoms. The quantitative estimate of drug-likeness (QED) is 0.249. The molecule has 0 saturated carbocycles. The zero-order valence-corrected chi connectivity index (χ0v) is 21.2. The number of anilines is 1. The molecule has 0 spiro atoms. The Morgan fingerprint density at radius 3 is 2.52 bits per heavy atom. The van der Waals surface area contributed by atoms with Crippen molar-refractivity contribution in [2.45, 2.75) is 63.7 Å². The number of likely N-dealkylation sites (tertiary alicyclic amines) is 1. The summed E-state index contributed by atoms with van der Waals surface area (Å²) in [6.45, 7) is 10.3. The van der Waals surface area contributed by atoms with E-state index in [4.69, 9.17) is 19.9 Å². The van der Waals surface area contributed by atoms with Gasteiger partial charge in [0.1, 0.15) is 0 Å². The smallest absolute Gasteiger partial charge is 0.256 e. The van der Waals surface area contributed by atoms with Crippen LogP contribution in [0.25, 0.3) is 0 Å². The number of rotatable bonds is 13. The van der Waals surface area contributed by atoms with Crippen molar-refractivity contribution in [1.82, 2.24) is 4.90 Å². The molecule has 1 heterocycles. The fourth-order valence-electron chi connectivity index (χ4n) is 3.67. The minimum Gasteiger partial charge on any atom is -0.493 e. The standard InChI is InChI=1S/C23H38N2O4S2/c1-6-30-23(31-7-2)19-10-8-11-25(19)22(26)17-14-20(27-5)21(15-18(17)24)29-13-9-12-28-16(3)4/h14-16,19,23H,6-13,24H2,1-5H3/t19-/m1/s1. The number of thioether (sulfide) groups is 2. The van der Waals surface area contributed by atoms with E-state index in [1.165, 1.54) is 0 Å². The summed E-state index contributed by atoms with van der Waals surface area (Å²) in [5, 5.41) is 0. The molecule has 0 aromatic heterocycles. The van der Waals surface area contributed by atoms with Crippen LogP contribution < -0.4 is 15.2 Å². The highest BCUT2D eigenvalue weighted by Gasteiger charge is 2.36. The third-order valence-electron chi connectivity index (χ3n) is 5.10. The lowest BCUT2D eigenvalue weighted by molar-refractivity contribution is 0.0692. The van der Waals surface area contributed by atoms with E-state index < -0.39 is 0 Å². The Balaban J connectivity index is 2.13. The summed E-state index contributed by atoms with van der Waals surface area (Å²) in [6.07, 6.45) is 3.03. The molecule has 2 N–H and O–H groups in total. The highest BCUT2D eigenvalue weighted by molar-refractivity contribution is 8.17. The first-order valence-corrected chi connectivity index (χ1v) is 13.3. The molecule has 1 aromatic carbocycles. The molecule has 1 fully saturated rings. The zero-order chi connectivity index (χ0) is 22.8. The summed E-state index contributed by atoms with van der Waals surface area (Å²) < 4.78 is 17.3. The Labute approximate surface area is 195 Å². The van der Waals surface area contributed by atoms with Crippen LogP contribution in [0, 0.1) is 0 Å². The van der Waals surface area contributed by atoms with Crippen LogP contribution in [-0.4, -0.2) is 65.9 Å². The van der Waals surface area contributed by atoms with Gasteiger partial charge in [-0.3, -0.25) is 4.79 Å². The van der Waals surface area contributed by atoms with Crippen molar-refractivity contribution in [2.75, 3.05) is 44.1 Å². The molecule has 176 valence electrons. The summed E-state index contributed by atoms with van der Waals surface area (Å²) >= 11 is 3.85. The van der Waals surface area contributed by atoms with Crippen LogP contribution in [-0.2, 0) is 4.74 Å². The van der Waals surface area contributed by atoms with Crippen LogP contribution in [0.4, 0.5) is 5.69 Å². The van der Waals surface area contributed by atoms with Crippen LogP contribution in [0.15, 0.2) is 12.1 Å². The second-order valence-electron chi connectivity index (χ2n) is 7.70. The van der Waals surface area contributed by atoms with Gasteiger partial charge in [-0.05, 0) is 44.3 Å². The lowest BCUT2D eigenvalue weighted by Crippen LogP contribution is -2.41. The van der Waals surface area contributed by atoms with Gasteiger partial charge >= 0.3 is 0 Å². The minimum atomic E-state index is -0.0198. The van der Waals surface area contributed by atoms with Gasteiger partial charge in [0.05, 0.1) is 42.6 Å². The maximum absolute atomic E-state index is 13.4. The van der Waals surface area contributed by atoms with Gasteiger partial charge in [-0.2, -0.15) is 0 Å². The first kappa shape index (κ1) is 26.0. The van der Waals surface area contributed by atoms with Gasteiger partial charge in [0.15, 0.2) is 11.5 Å². The highest BCUT2D eigenvalue weighted by atomic mass is 32.2. The zero-order valence-electron chi connectivity index (χ0n) is 19.5. The summed E-state index contributed by atoms with van der Waals surface area (Å²) in [6, 6.07) is 3.66. The van der Waals surface area contributed by atoms with Crippen molar-refractivity contribution in [3.05, 3.63) is 17.7 Å². The van der Waals surface area contributed by atoms with E-state index in [1.54, 1.807) is 19.2 Å². The molecule has 0 bridgehead atoms. The van der Waals surface area contributed by atoms with E-state index in [2.05, 4.69) is 13.8 Å². The number of benzene rings is 1. The number of nitrogen functional groups attached to an aromatic ring is 1. The van der Waals surface area contributed by atoms with Gasteiger partial charge in [0.25, 0.3) is 5.91 Å². The van der Waals surface area contributed by atoms with Gasteiger partial charge < -0.3 is 24.8 Å². The second-order valence-corrected chi connectivity index (χ2v) is 10.8. The molecule has 1 aromatic rings. The summed E-state index contributed by atoms with van der Waals surface area (Å²) in [5.41, 5.74) is 7.22. The van der Waals surface area contributed by atoms with Gasteiger partial charge in [-0.25, -0.2) is 0 Å². The van der Waals surface area contributed by atoms with Crippen molar-refractivity contribution in [3.8, 4) is 11.5 Å². The second kappa shape index (κ2) is 13.3. The third kappa shape index (κ3) is 7.39. The topological polar surface area (TPSA) is 74.0 Å². The number of ether oxygens (including phenoxy) is 3. The average Bonchev–Trinajstić information content (AvgIpc) is 3.22. The lowest BCUT2D eigenvalue weighted by Gasteiger charge is -2.31. The van der Waals surface area contributed by atoms with E-state index in [0.717, 1.165) is 37.3 Å². The normalized spacial score (nSPS) is 16.4. The molecule has 0 radical (unpaired) electrons. The summed E-state index contributed by atoms with van der Waals surface area (Å²) in [7, 11) is 1.58. The number of carbonyl (C=O) groups excluding carboxylic acids is 1. The minimum absolute atomic E-state index is 0.0198. The molecule has 0 unspecified atom stereocenters. The van der Waals surface area contributed by atoms with Crippen molar-refractivity contribution in [2.24, 2.45) is 0 Å². The number of hydrogen-bond donors (Lipinski definition) is 1. The Hall–Kier alpha value is -1.25. The van der Waals surface area contributed by atoms with E-state index >= 15 is 0 Å². The fourth-order valence-corrected chi connectivity index (χ4v) is 6.54. The van der Waals surface area contributed by atoms with E-state index in [-0.39, 0.29) is 18.1 Å². The van der Waals surface area contributed by atoms with Crippen LogP contribution in [0.2, 0.25) is 0 Å². The molecule has 0 aliphatic carbocycles. The van der Waals surface area contributed by atoms with Crippen molar-refractivity contribution >= 4 is 35.1 Å². The van der Waals surface area contributed by atoms with Gasteiger partial charge in [-0.15, -0.1) is 23.5 Å². The highest BCUT2D eigenvalue weighted by Crippen LogP contribution is 2.38. The Bertz CT molecular complexity index is 696. The summed E-state index contributed by atoms with van der Waals surface area (Å²) in [5.74, 6) is 3.15. The number of methoxy groups -OCH3 is 1. The number of hydrogen-bond acceptors (Lipinski definition) is 7. The molecule has 1 amide bonds. The van der Waals surface area contributed by atoms with Crippen LogP contribution in [0.5, 0.6) is 11.5 Å². The maximum Gasteiger partial charge on any atom is 0.256 e.